The topological polar surface area (TPSA) is 64.0 Å². The van der Waals surface area contributed by atoms with Crippen molar-refractivity contribution in [1.29, 1.82) is 0 Å². The van der Waals surface area contributed by atoms with Gasteiger partial charge in [-0.2, -0.15) is 0 Å². The Morgan fingerprint density at radius 1 is 1.12 bits per heavy atom. The number of carbonyl (C=O) groups is 1. The molecule has 132 valence electrons. The van der Waals surface area contributed by atoms with Gasteiger partial charge in [-0.05, 0) is 25.1 Å². The van der Waals surface area contributed by atoms with Gasteiger partial charge in [-0.3, -0.25) is 14.2 Å². The lowest BCUT2D eigenvalue weighted by Crippen LogP contribution is -2.27. The van der Waals surface area contributed by atoms with Crippen LogP contribution in [0.4, 0.5) is 5.69 Å². The molecule has 0 radical (unpaired) electrons. The van der Waals surface area contributed by atoms with Crippen LogP contribution in [-0.4, -0.2) is 15.5 Å². The van der Waals surface area contributed by atoms with Crippen LogP contribution < -0.4 is 10.9 Å². The molecule has 0 bridgehead atoms. The monoisotopic (exact) mass is 387 g/mol. The Labute approximate surface area is 160 Å². The van der Waals surface area contributed by atoms with Crippen molar-refractivity contribution >= 4 is 34.8 Å². The smallest absolute Gasteiger partial charge is 0.254 e. The van der Waals surface area contributed by atoms with Crippen molar-refractivity contribution in [3.63, 3.8) is 0 Å². The van der Waals surface area contributed by atoms with E-state index in [2.05, 4.69) is 10.3 Å². The maximum absolute atomic E-state index is 12.3. The summed E-state index contributed by atoms with van der Waals surface area (Å²) in [5.41, 5.74) is 2.60. The molecular formula is C19H15Cl2N3O2. The second-order valence-corrected chi connectivity index (χ2v) is 6.62. The predicted molar refractivity (Wildman–Crippen MR) is 104 cm³/mol. The maximum atomic E-state index is 12.3. The number of nitrogens with one attached hydrogen (secondary N) is 1. The van der Waals surface area contributed by atoms with E-state index in [0.29, 0.717) is 21.4 Å². The third kappa shape index (κ3) is 4.31. The Balaban J connectivity index is 1.75. The molecule has 0 spiro atoms. The highest BCUT2D eigenvalue weighted by molar-refractivity contribution is 6.35. The third-order valence-corrected chi connectivity index (χ3v) is 4.31. The van der Waals surface area contributed by atoms with Gasteiger partial charge >= 0.3 is 0 Å². The highest BCUT2D eigenvalue weighted by atomic mass is 35.5. The fraction of sp³-hybridized carbons (Fsp3) is 0.105. The quantitative estimate of drug-likeness (QED) is 0.730. The number of aromatic nitrogens is 2. The molecule has 1 N–H and O–H groups in total. The molecule has 7 heteroatoms. The van der Waals surface area contributed by atoms with Gasteiger partial charge in [0.2, 0.25) is 5.91 Å². The summed E-state index contributed by atoms with van der Waals surface area (Å²) in [6.45, 7) is 1.81. The molecule has 0 unspecified atom stereocenters. The van der Waals surface area contributed by atoms with E-state index in [4.69, 9.17) is 23.2 Å². The van der Waals surface area contributed by atoms with Crippen molar-refractivity contribution < 1.29 is 4.79 Å². The van der Waals surface area contributed by atoms with E-state index in [1.54, 1.807) is 18.2 Å². The molecule has 0 atom stereocenters. The zero-order valence-corrected chi connectivity index (χ0v) is 15.4. The fourth-order valence-electron chi connectivity index (χ4n) is 2.36. The van der Waals surface area contributed by atoms with Gasteiger partial charge < -0.3 is 5.32 Å². The third-order valence-electron chi connectivity index (χ3n) is 3.74. The molecule has 0 aliphatic rings. The van der Waals surface area contributed by atoms with Gasteiger partial charge in [0.15, 0.2) is 0 Å². The number of nitrogens with zero attached hydrogens (tertiary/aromatic N) is 2. The van der Waals surface area contributed by atoms with Crippen molar-refractivity contribution in [3.8, 4) is 11.3 Å². The van der Waals surface area contributed by atoms with Crippen LogP contribution in [0.3, 0.4) is 0 Å². The van der Waals surface area contributed by atoms with Crippen molar-refractivity contribution in [2.75, 3.05) is 5.32 Å². The average Bonchev–Trinajstić information content (AvgIpc) is 2.60. The number of aryl methyl sites for hydroxylation is 1. The van der Waals surface area contributed by atoms with E-state index in [1.807, 2.05) is 31.2 Å². The van der Waals surface area contributed by atoms with Crippen LogP contribution >= 0.6 is 23.2 Å². The Morgan fingerprint density at radius 2 is 1.85 bits per heavy atom. The molecule has 1 aromatic heterocycles. The summed E-state index contributed by atoms with van der Waals surface area (Å²) in [6.07, 6.45) is 1.36. The number of benzene rings is 2. The normalized spacial score (nSPS) is 10.6. The second-order valence-electron chi connectivity index (χ2n) is 5.78. The van der Waals surface area contributed by atoms with Crippen LogP contribution in [-0.2, 0) is 11.3 Å². The Kier molecular flexibility index (Phi) is 5.40. The zero-order valence-electron chi connectivity index (χ0n) is 13.9. The first-order valence-corrected chi connectivity index (χ1v) is 8.56. The van der Waals surface area contributed by atoms with Gasteiger partial charge in [0.1, 0.15) is 6.54 Å². The molecule has 1 amide bonds. The van der Waals surface area contributed by atoms with Crippen LogP contribution in [0.5, 0.6) is 0 Å². The van der Waals surface area contributed by atoms with Crippen LogP contribution in [0, 0.1) is 6.92 Å². The Hall–Kier alpha value is -2.63. The van der Waals surface area contributed by atoms with Crippen LogP contribution in [0.2, 0.25) is 10.0 Å². The van der Waals surface area contributed by atoms with Crippen molar-refractivity contribution in [2.24, 2.45) is 0 Å². The fourth-order valence-corrected chi connectivity index (χ4v) is 2.70. The molecule has 0 aliphatic carbocycles. The van der Waals surface area contributed by atoms with E-state index >= 15 is 0 Å². The molecule has 0 saturated heterocycles. The standard InChI is InChI=1S/C19H15Cl2N3O2/c1-12-2-4-13(5-3-12)16-9-19(26)24(11-22-16)10-18(25)23-17-8-14(20)6-7-15(17)21/h2-9,11H,10H2,1H3,(H,23,25). The molecule has 5 nitrogen and oxygen atoms in total. The minimum Gasteiger partial charge on any atom is -0.323 e. The molecule has 0 saturated carbocycles. The molecule has 3 rings (SSSR count). The van der Waals surface area contributed by atoms with Gasteiger partial charge in [-0.15, -0.1) is 0 Å². The van der Waals surface area contributed by atoms with E-state index in [0.717, 1.165) is 11.1 Å². The molecule has 26 heavy (non-hydrogen) atoms. The lowest BCUT2D eigenvalue weighted by molar-refractivity contribution is -0.116. The van der Waals surface area contributed by atoms with Crippen LogP contribution in [0.15, 0.2) is 59.7 Å². The minimum absolute atomic E-state index is 0.178. The largest absolute Gasteiger partial charge is 0.323 e. The SMILES string of the molecule is Cc1ccc(-c2cc(=O)n(CC(=O)Nc3cc(Cl)ccc3Cl)cn2)cc1. The summed E-state index contributed by atoms with van der Waals surface area (Å²) in [5, 5.41) is 3.45. The number of halogens is 2. The van der Waals surface area contributed by atoms with Gasteiger partial charge in [0, 0.05) is 16.7 Å². The van der Waals surface area contributed by atoms with Crippen molar-refractivity contribution in [3.05, 3.63) is 80.8 Å². The predicted octanol–water partition coefficient (Wildman–Crippen LogP) is 4.16. The zero-order chi connectivity index (χ0) is 18.7. The highest BCUT2D eigenvalue weighted by Crippen LogP contribution is 2.25. The first-order chi connectivity index (χ1) is 12.4. The van der Waals surface area contributed by atoms with Gasteiger partial charge in [-0.25, -0.2) is 4.98 Å². The van der Waals surface area contributed by atoms with Crippen LogP contribution in [0.1, 0.15) is 5.56 Å². The summed E-state index contributed by atoms with van der Waals surface area (Å²) in [7, 11) is 0. The van der Waals surface area contributed by atoms with Gasteiger partial charge in [-0.1, -0.05) is 53.0 Å². The van der Waals surface area contributed by atoms with Gasteiger partial charge in [0.05, 0.1) is 22.7 Å². The van der Waals surface area contributed by atoms with Crippen LogP contribution in [0.25, 0.3) is 11.3 Å². The summed E-state index contributed by atoms with van der Waals surface area (Å²) >= 11 is 11.9. The number of amides is 1. The molecule has 0 aliphatic heterocycles. The Morgan fingerprint density at radius 3 is 2.54 bits per heavy atom. The summed E-state index contributed by atoms with van der Waals surface area (Å²) in [6, 6.07) is 13.9. The molecule has 0 fully saturated rings. The van der Waals surface area contributed by atoms with E-state index < -0.39 is 5.91 Å². The number of hydrogen-bond donors (Lipinski definition) is 1. The second kappa shape index (κ2) is 7.72. The summed E-state index contributed by atoms with van der Waals surface area (Å²) in [5.74, 6) is -0.402. The molecule has 1 heterocycles. The van der Waals surface area contributed by atoms with Gasteiger partial charge in [0.25, 0.3) is 5.56 Å². The lowest BCUT2D eigenvalue weighted by atomic mass is 10.1. The van der Waals surface area contributed by atoms with E-state index in [-0.39, 0.29) is 12.1 Å². The molecule has 2 aromatic carbocycles. The number of carbonyl (C=O) groups excluding carboxylic acids is 1. The number of hydrogen-bond acceptors (Lipinski definition) is 3. The maximum Gasteiger partial charge on any atom is 0.254 e. The highest BCUT2D eigenvalue weighted by Gasteiger charge is 2.10. The number of anilines is 1. The molecular weight excluding hydrogens is 373 g/mol. The average molecular weight is 388 g/mol. The lowest BCUT2D eigenvalue weighted by Gasteiger charge is -2.09. The summed E-state index contributed by atoms with van der Waals surface area (Å²) < 4.78 is 1.23. The molecule has 3 aromatic rings. The minimum atomic E-state index is -0.402. The van der Waals surface area contributed by atoms with E-state index in [1.165, 1.54) is 17.0 Å². The Bertz CT molecular complexity index is 1010. The van der Waals surface area contributed by atoms with E-state index in [9.17, 15) is 9.59 Å². The van der Waals surface area contributed by atoms with Crippen molar-refractivity contribution in [2.45, 2.75) is 13.5 Å². The first kappa shape index (κ1) is 18.2. The number of rotatable bonds is 4. The van der Waals surface area contributed by atoms with Crippen molar-refractivity contribution in [1.82, 2.24) is 9.55 Å². The summed E-state index contributed by atoms with van der Waals surface area (Å²) in [4.78, 5) is 28.7. The first-order valence-electron chi connectivity index (χ1n) is 7.81.